The summed E-state index contributed by atoms with van der Waals surface area (Å²) < 4.78 is 9.50. The Labute approximate surface area is 105 Å². The van der Waals surface area contributed by atoms with Gasteiger partial charge in [0.1, 0.15) is 0 Å². The van der Waals surface area contributed by atoms with Gasteiger partial charge in [0.05, 0.1) is 25.5 Å². The Morgan fingerprint density at radius 2 is 2.17 bits per heavy atom. The highest BCUT2D eigenvalue weighted by Gasteiger charge is 2.06. The van der Waals surface area contributed by atoms with Crippen LogP contribution < -0.4 is 5.32 Å². The lowest BCUT2D eigenvalue weighted by atomic mass is 10.2. The fourth-order valence-corrected chi connectivity index (χ4v) is 1.23. The van der Waals surface area contributed by atoms with E-state index in [0.717, 1.165) is 0 Å². The fraction of sp³-hybridized carbons (Fsp3) is 0.231. The number of hydrogen-bond acceptors (Lipinski definition) is 4. The van der Waals surface area contributed by atoms with Crippen LogP contribution in [0.3, 0.4) is 0 Å². The normalized spacial score (nSPS) is 10.1. The van der Waals surface area contributed by atoms with Crippen molar-refractivity contribution in [3.63, 3.8) is 0 Å². The lowest BCUT2D eigenvalue weighted by Crippen LogP contribution is -2.09. The lowest BCUT2D eigenvalue weighted by Gasteiger charge is -2.04. The molecule has 1 aromatic carbocycles. The Kier molecular flexibility index (Phi) is 5.44. The molecule has 0 aliphatic carbocycles. The van der Waals surface area contributed by atoms with E-state index in [2.05, 4.69) is 10.1 Å². The van der Waals surface area contributed by atoms with Gasteiger partial charge in [-0.3, -0.25) is 4.79 Å². The molecule has 1 amide bonds. The summed E-state index contributed by atoms with van der Waals surface area (Å²) in [6.45, 7) is 2.32. The summed E-state index contributed by atoms with van der Waals surface area (Å²) >= 11 is 0. The van der Waals surface area contributed by atoms with Gasteiger partial charge in [0.25, 0.3) is 5.91 Å². The molecule has 5 heteroatoms. The third-order valence-corrected chi connectivity index (χ3v) is 2.03. The van der Waals surface area contributed by atoms with Crippen LogP contribution in [0.25, 0.3) is 0 Å². The molecule has 0 saturated heterocycles. The lowest BCUT2D eigenvalue weighted by molar-refractivity contribution is -0.112. The van der Waals surface area contributed by atoms with Crippen LogP contribution in [0.4, 0.5) is 5.69 Å². The maximum atomic E-state index is 11.4. The van der Waals surface area contributed by atoms with Gasteiger partial charge in [0.15, 0.2) is 0 Å². The summed E-state index contributed by atoms with van der Waals surface area (Å²) in [4.78, 5) is 22.7. The van der Waals surface area contributed by atoms with Crippen LogP contribution in [0.15, 0.2) is 36.6 Å². The maximum absolute atomic E-state index is 11.4. The quantitative estimate of drug-likeness (QED) is 0.492. The van der Waals surface area contributed by atoms with E-state index >= 15 is 0 Å². The van der Waals surface area contributed by atoms with Gasteiger partial charge in [-0.2, -0.15) is 0 Å². The van der Waals surface area contributed by atoms with Crippen LogP contribution in [-0.2, 0) is 14.3 Å². The number of benzene rings is 1. The van der Waals surface area contributed by atoms with Gasteiger partial charge in [-0.25, -0.2) is 4.79 Å². The molecule has 0 spiro atoms. The van der Waals surface area contributed by atoms with Crippen molar-refractivity contribution in [3.8, 4) is 0 Å². The van der Waals surface area contributed by atoms with Crippen molar-refractivity contribution in [3.05, 3.63) is 42.2 Å². The number of methoxy groups -OCH3 is 1. The number of carbonyl (C=O) groups excluding carboxylic acids is 2. The molecular formula is C13H15NO4. The number of nitrogens with one attached hydrogen (secondary N) is 1. The number of anilines is 1. The number of hydrogen-bond donors (Lipinski definition) is 1. The second-order valence-electron chi connectivity index (χ2n) is 3.32. The van der Waals surface area contributed by atoms with E-state index in [1.165, 1.54) is 25.5 Å². The van der Waals surface area contributed by atoms with Gasteiger partial charge < -0.3 is 14.8 Å². The molecular weight excluding hydrogens is 234 g/mol. The van der Waals surface area contributed by atoms with E-state index in [9.17, 15) is 9.59 Å². The summed E-state index contributed by atoms with van der Waals surface area (Å²) in [5, 5.41) is 2.61. The van der Waals surface area contributed by atoms with Crippen LogP contribution >= 0.6 is 0 Å². The molecule has 0 radical (unpaired) electrons. The highest BCUT2D eigenvalue weighted by molar-refractivity contribution is 6.00. The van der Waals surface area contributed by atoms with Crippen molar-refractivity contribution in [2.75, 3.05) is 19.0 Å². The monoisotopic (exact) mass is 249 g/mol. The molecule has 1 N–H and O–H groups in total. The maximum Gasteiger partial charge on any atom is 0.337 e. The van der Waals surface area contributed by atoms with Crippen LogP contribution in [0, 0.1) is 0 Å². The van der Waals surface area contributed by atoms with Gasteiger partial charge in [-0.1, -0.05) is 6.07 Å². The van der Waals surface area contributed by atoms with E-state index in [-0.39, 0.29) is 5.91 Å². The third kappa shape index (κ3) is 4.29. The number of carbonyl (C=O) groups is 2. The number of amides is 1. The number of esters is 1. The Morgan fingerprint density at radius 3 is 2.83 bits per heavy atom. The topological polar surface area (TPSA) is 64.6 Å². The highest BCUT2D eigenvalue weighted by atomic mass is 16.5. The first kappa shape index (κ1) is 13.8. The Morgan fingerprint density at radius 1 is 1.39 bits per heavy atom. The predicted octanol–water partition coefficient (Wildman–Crippen LogP) is 1.96. The van der Waals surface area contributed by atoms with E-state index in [1.807, 2.05) is 6.92 Å². The third-order valence-electron chi connectivity index (χ3n) is 2.03. The van der Waals surface area contributed by atoms with Gasteiger partial charge in [0, 0.05) is 11.8 Å². The first-order valence-electron chi connectivity index (χ1n) is 5.45. The largest absolute Gasteiger partial charge is 0.501 e. The molecule has 0 aliphatic heterocycles. The molecule has 5 nitrogen and oxygen atoms in total. The summed E-state index contributed by atoms with van der Waals surface area (Å²) in [5.41, 5.74) is 0.896. The van der Waals surface area contributed by atoms with Gasteiger partial charge in [-0.15, -0.1) is 0 Å². The Balaban J connectivity index is 2.67. The van der Waals surface area contributed by atoms with Crippen molar-refractivity contribution in [1.29, 1.82) is 0 Å². The van der Waals surface area contributed by atoms with Gasteiger partial charge in [0.2, 0.25) is 0 Å². The Bertz CT molecular complexity index is 454. The zero-order valence-corrected chi connectivity index (χ0v) is 10.3. The molecule has 0 saturated carbocycles. The van der Waals surface area contributed by atoms with E-state index in [1.54, 1.807) is 18.2 Å². The second kappa shape index (κ2) is 7.11. The summed E-state index contributed by atoms with van der Waals surface area (Å²) in [5.74, 6) is -0.776. The van der Waals surface area contributed by atoms with Crippen molar-refractivity contribution < 1.29 is 19.1 Å². The average molecular weight is 249 g/mol. The molecule has 0 fully saturated rings. The van der Waals surface area contributed by atoms with E-state index < -0.39 is 5.97 Å². The summed E-state index contributed by atoms with van der Waals surface area (Å²) in [6.07, 6.45) is 2.59. The van der Waals surface area contributed by atoms with Gasteiger partial charge >= 0.3 is 5.97 Å². The standard InChI is InChI=1S/C13H15NO4/c1-3-18-8-7-12(15)14-11-6-4-5-10(9-11)13(16)17-2/h4-9H,3H2,1-2H3,(H,14,15). The van der Waals surface area contributed by atoms with Crippen LogP contribution in [0.1, 0.15) is 17.3 Å². The summed E-state index contributed by atoms with van der Waals surface area (Å²) in [7, 11) is 1.30. The van der Waals surface area contributed by atoms with Crippen molar-refractivity contribution >= 4 is 17.6 Å². The van der Waals surface area contributed by atoms with E-state index in [0.29, 0.717) is 17.9 Å². The molecule has 0 heterocycles. The van der Waals surface area contributed by atoms with Crippen molar-refractivity contribution in [2.45, 2.75) is 6.92 Å². The molecule has 96 valence electrons. The molecule has 0 bridgehead atoms. The molecule has 0 aliphatic rings. The zero-order valence-electron chi connectivity index (χ0n) is 10.3. The second-order valence-corrected chi connectivity index (χ2v) is 3.32. The minimum atomic E-state index is -0.448. The average Bonchev–Trinajstić information content (AvgIpc) is 2.38. The van der Waals surface area contributed by atoms with Gasteiger partial charge in [-0.05, 0) is 25.1 Å². The van der Waals surface area contributed by atoms with Crippen LogP contribution in [-0.4, -0.2) is 25.6 Å². The Hall–Kier alpha value is -2.30. The number of rotatable bonds is 5. The molecule has 1 aromatic rings. The molecule has 0 unspecified atom stereocenters. The molecule has 18 heavy (non-hydrogen) atoms. The first-order valence-corrected chi connectivity index (χ1v) is 5.45. The highest BCUT2D eigenvalue weighted by Crippen LogP contribution is 2.11. The predicted molar refractivity (Wildman–Crippen MR) is 67.2 cm³/mol. The van der Waals surface area contributed by atoms with Crippen LogP contribution in [0.2, 0.25) is 0 Å². The van der Waals surface area contributed by atoms with Crippen molar-refractivity contribution in [1.82, 2.24) is 0 Å². The molecule has 0 aromatic heterocycles. The van der Waals surface area contributed by atoms with Crippen molar-refractivity contribution in [2.24, 2.45) is 0 Å². The fourth-order valence-electron chi connectivity index (χ4n) is 1.23. The minimum Gasteiger partial charge on any atom is -0.501 e. The minimum absolute atomic E-state index is 0.328. The number of ether oxygens (including phenoxy) is 2. The van der Waals surface area contributed by atoms with Crippen LogP contribution in [0.5, 0.6) is 0 Å². The first-order chi connectivity index (χ1) is 8.67. The summed E-state index contributed by atoms with van der Waals surface area (Å²) in [6, 6.07) is 6.49. The smallest absolute Gasteiger partial charge is 0.337 e. The molecule has 0 atom stereocenters. The van der Waals surface area contributed by atoms with E-state index in [4.69, 9.17) is 4.74 Å². The zero-order chi connectivity index (χ0) is 13.4. The SMILES string of the molecule is CCOC=CC(=O)Nc1cccc(C(=O)OC)c1. The molecule has 1 rings (SSSR count).